The molecule has 0 unspecified atom stereocenters. The van der Waals surface area contributed by atoms with Crippen LogP contribution in [0.25, 0.3) is 21.8 Å². The summed E-state index contributed by atoms with van der Waals surface area (Å²) in [4.78, 5) is 13.2. The van der Waals surface area contributed by atoms with Gasteiger partial charge in [0.25, 0.3) is 8.32 Å². The molecule has 35 heavy (non-hydrogen) atoms. The molecule has 0 amide bonds. The summed E-state index contributed by atoms with van der Waals surface area (Å²) in [6, 6.07) is 17.0. The number of methoxy groups -OCH3 is 2. The van der Waals surface area contributed by atoms with Crippen LogP contribution in [-0.4, -0.2) is 27.1 Å². The van der Waals surface area contributed by atoms with E-state index in [0.29, 0.717) is 39.6 Å². The first-order valence-corrected chi connectivity index (χ1v) is 14.9. The lowest BCUT2D eigenvalue weighted by Gasteiger charge is -2.37. The molecule has 0 fully saturated rings. The number of hydrogen-bond acceptors (Lipinski definition) is 4. The van der Waals surface area contributed by atoms with E-state index in [1.165, 1.54) is 0 Å². The maximum Gasteiger partial charge on any atom is 0.250 e. The highest BCUT2D eigenvalue weighted by Gasteiger charge is 2.40. The summed E-state index contributed by atoms with van der Waals surface area (Å²) in [6.07, 6.45) is 0. The van der Waals surface area contributed by atoms with Crippen LogP contribution in [0.3, 0.4) is 0 Å². The van der Waals surface area contributed by atoms with Gasteiger partial charge in [0.05, 0.1) is 25.3 Å². The SMILES string of the molecule is COc1cc(Cn2c3ccccc3c(=O)c3ccc(Cl)cc32)cc(OC)c1O[Si](C)(C)C(C)(C)C. The van der Waals surface area contributed by atoms with Gasteiger partial charge in [0.2, 0.25) is 0 Å². The van der Waals surface area contributed by atoms with Gasteiger partial charge in [0, 0.05) is 22.3 Å². The first-order chi connectivity index (χ1) is 16.5. The Kier molecular flexibility index (Phi) is 6.64. The Bertz CT molecular complexity index is 1450. The fourth-order valence-electron chi connectivity index (χ4n) is 3.98. The van der Waals surface area contributed by atoms with Crippen molar-refractivity contribution in [2.24, 2.45) is 0 Å². The smallest absolute Gasteiger partial charge is 0.250 e. The van der Waals surface area contributed by atoms with Crippen LogP contribution < -0.4 is 19.3 Å². The number of benzene rings is 3. The molecule has 0 saturated carbocycles. The van der Waals surface area contributed by atoms with Crippen molar-refractivity contribution in [1.82, 2.24) is 4.57 Å². The predicted octanol–water partition coefficient (Wildman–Crippen LogP) is 7.26. The average molecular weight is 510 g/mol. The van der Waals surface area contributed by atoms with Crippen LogP contribution in [0.5, 0.6) is 17.2 Å². The van der Waals surface area contributed by atoms with Crippen molar-refractivity contribution in [2.75, 3.05) is 14.2 Å². The molecule has 1 aromatic heterocycles. The minimum atomic E-state index is -2.13. The highest BCUT2D eigenvalue weighted by molar-refractivity contribution is 6.74. The lowest BCUT2D eigenvalue weighted by Crippen LogP contribution is -2.44. The van der Waals surface area contributed by atoms with E-state index in [-0.39, 0.29) is 10.5 Å². The second kappa shape index (κ2) is 9.24. The van der Waals surface area contributed by atoms with Gasteiger partial charge in [0.15, 0.2) is 22.7 Å². The monoisotopic (exact) mass is 509 g/mol. The van der Waals surface area contributed by atoms with E-state index in [0.717, 1.165) is 16.6 Å². The van der Waals surface area contributed by atoms with Crippen LogP contribution in [0.2, 0.25) is 23.2 Å². The van der Waals surface area contributed by atoms with Gasteiger partial charge in [-0.2, -0.15) is 0 Å². The number of pyridine rings is 1. The molecule has 3 aromatic carbocycles. The number of nitrogens with zero attached hydrogens (tertiary/aromatic N) is 1. The average Bonchev–Trinajstić information content (AvgIpc) is 2.81. The van der Waals surface area contributed by atoms with Crippen LogP contribution in [0, 0.1) is 0 Å². The zero-order valence-electron chi connectivity index (χ0n) is 21.4. The maximum atomic E-state index is 13.2. The van der Waals surface area contributed by atoms with Crippen molar-refractivity contribution >= 4 is 41.7 Å². The van der Waals surface area contributed by atoms with Crippen LogP contribution in [0.1, 0.15) is 26.3 Å². The van der Waals surface area contributed by atoms with E-state index in [1.807, 2.05) is 42.5 Å². The molecule has 7 heteroatoms. The molecule has 0 aliphatic heterocycles. The van der Waals surface area contributed by atoms with Gasteiger partial charge in [-0.3, -0.25) is 4.79 Å². The highest BCUT2D eigenvalue weighted by Crippen LogP contribution is 2.45. The van der Waals surface area contributed by atoms with Crippen LogP contribution in [-0.2, 0) is 6.54 Å². The van der Waals surface area contributed by atoms with Gasteiger partial charge < -0.3 is 18.5 Å². The summed E-state index contributed by atoms with van der Waals surface area (Å²) in [5.74, 6) is 1.87. The fourth-order valence-corrected chi connectivity index (χ4v) is 5.17. The predicted molar refractivity (Wildman–Crippen MR) is 147 cm³/mol. The summed E-state index contributed by atoms with van der Waals surface area (Å²) in [7, 11) is 1.15. The second-order valence-electron chi connectivity index (χ2n) is 10.3. The Labute approximate surface area is 212 Å². The van der Waals surface area contributed by atoms with E-state index >= 15 is 0 Å². The molecule has 0 bridgehead atoms. The van der Waals surface area contributed by atoms with Crippen molar-refractivity contribution in [3.8, 4) is 17.2 Å². The third kappa shape index (κ3) is 4.65. The highest BCUT2D eigenvalue weighted by atomic mass is 35.5. The van der Waals surface area contributed by atoms with Crippen LogP contribution >= 0.6 is 11.6 Å². The Morgan fingerprint density at radius 3 is 2.09 bits per heavy atom. The summed E-state index contributed by atoms with van der Waals surface area (Å²) in [5, 5.41) is 1.90. The summed E-state index contributed by atoms with van der Waals surface area (Å²) in [5.41, 5.74) is 2.57. The van der Waals surface area contributed by atoms with Crippen molar-refractivity contribution in [3.63, 3.8) is 0 Å². The molecule has 0 aliphatic carbocycles. The first-order valence-electron chi connectivity index (χ1n) is 11.6. The van der Waals surface area contributed by atoms with E-state index in [4.69, 9.17) is 25.5 Å². The fraction of sp³-hybridized carbons (Fsp3) is 0.321. The van der Waals surface area contributed by atoms with E-state index in [2.05, 4.69) is 38.4 Å². The molecule has 0 atom stereocenters. The van der Waals surface area contributed by atoms with Crippen molar-refractivity contribution in [3.05, 3.63) is 75.4 Å². The number of aromatic nitrogens is 1. The molecule has 0 N–H and O–H groups in total. The largest absolute Gasteiger partial charge is 0.539 e. The van der Waals surface area contributed by atoms with Crippen molar-refractivity contribution in [1.29, 1.82) is 0 Å². The quantitative estimate of drug-likeness (QED) is 0.203. The van der Waals surface area contributed by atoms with Gasteiger partial charge >= 0.3 is 0 Å². The molecule has 1 heterocycles. The molecule has 5 nitrogen and oxygen atoms in total. The molecule has 184 valence electrons. The molecule has 0 spiro atoms. The normalized spacial score (nSPS) is 12.2. The maximum absolute atomic E-state index is 13.2. The molecular formula is C28H32ClNO4Si. The zero-order valence-corrected chi connectivity index (χ0v) is 23.1. The zero-order chi connectivity index (χ0) is 25.5. The Balaban J connectivity index is 1.90. The minimum Gasteiger partial charge on any atom is -0.539 e. The topological polar surface area (TPSA) is 49.7 Å². The number of rotatable bonds is 6. The summed E-state index contributed by atoms with van der Waals surface area (Å²) < 4.78 is 20.3. The van der Waals surface area contributed by atoms with Crippen molar-refractivity contribution < 1.29 is 13.9 Å². The Morgan fingerprint density at radius 1 is 0.886 bits per heavy atom. The van der Waals surface area contributed by atoms with E-state index < -0.39 is 8.32 Å². The molecule has 0 aliphatic rings. The third-order valence-electron chi connectivity index (χ3n) is 6.96. The molecule has 4 aromatic rings. The van der Waals surface area contributed by atoms with Gasteiger partial charge in [0.1, 0.15) is 0 Å². The van der Waals surface area contributed by atoms with Gasteiger partial charge in [-0.1, -0.05) is 44.5 Å². The van der Waals surface area contributed by atoms with E-state index in [1.54, 1.807) is 26.4 Å². The lowest BCUT2D eigenvalue weighted by atomic mass is 10.1. The van der Waals surface area contributed by atoms with Crippen molar-refractivity contribution in [2.45, 2.75) is 45.4 Å². The second-order valence-corrected chi connectivity index (χ2v) is 15.4. The van der Waals surface area contributed by atoms with Gasteiger partial charge in [-0.05, 0) is 66.2 Å². The Morgan fingerprint density at radius 2 is 1.49 bits per heavy atom. The molecule has 4 rings (SSSR count). The van der Waals surface area contributed by atoms with Gasteiger partial charge in [-0.15, -0.1) is 0 Å². The summed E-state index contributed by atoms with van der Waals surface area (Å²) in [6.45, 7) is 11.5. The Hall–Kier alpha value is -2.96. The van der Waals surface area contributed by atoms with E-state index in [9.17, 15) is 4.79 Å². The molecule has 0 radical (unpaired) electrons. The number of fused-ring (bicyclic) bond motifs is 2. The number of para-hydroxylation sites is 1. The van der Waals surface area contributed by atoms with Crippen LogP contribution in [0.4, 0.5) is 0 Å². The molecule has 0 saturated heterocycles. The number of hydrogen-bond donors (Lipinski definition) is 0. The first kappa shape index (κ1) is 25.1. The van der Waals surface area contributed by atoms with Gasteiger partial charge in [-0.25, -0.2) is 0 Å². The third-order valence-corrected chi connectivity index (χ3v) is 11.5. The number of halogens is 1. The summed E-state index contributed by atoms with van der Waals surface area (Å²) >= 11 is 6.34. The standard InChI is InChI=1S/C28H32ClNO4Si/c1-28(2,3)35(6,7)34-27-24(32-4)14-18(15-25(27)33-5)17-30-22-11-9-8-10-20(22)26(31)21-13-12-19(29)16-23(21)30/h8-16H,17H2,1-7H3. The minimum absolute atomic E-state index is 0.00297. The number of ether oxygens (including phenoxy) is 2. The van der Waals surface area contributed by atoms with Crippen LogP contribution in [0.15, 0.2) is 59.4 Å². The lowest BCUT2D eigenvalue weighted by molar-refractivity contribution is 0.353. The molecular weight excluding hydrogens is 478 g/mol.